The molecule has 3 heterocycles. The molecule has 0 saturated carbocycles. The number of pyridine rings is 1. The molecule has 8 nitrogen and oxygen atoms in total. The Morgan fingerprint density at radius 3 is 2.67 bits per heavy atom. The van der Waals surface area contributed by atoms with Gasteiger partial charge in [-0.15, -0.1) is 0 Å². The number of H-pyrrole nitrogens is 1. The van der Waals surface area contributed by atoms with Crippen molar-refractivity contribution < 1.29 is 4.79 Å². The highest BCUT2D eigenvalue weighted by atomic mass is 127. The van der Waals surface area contributed by atoms with Gasteiger partial charge in [-0.1, -0.05) is 18.2 Å². The van der Waals surface area contributed by atoms with Gasteiger partial charge in [-0.3, -0.25) is 9.89 Å². The van der Waals surface area contributed by atoms with Crippen LogP contribution < -0.4 is 16.0 Å². The minimum absolute atomic E-state index is 0.142. The third-order valence-corrected chi connectivity index (χ3v) is 6.51. The van der Waals surface area contributed by atoms with E-state index in [1.165, 1.54) is 0 Å². The van der Waals surface area contributed by atoms with Crippen LogP contribution in [0, 0.1) is 0 Å². The average molecular weight is 553 g/mol. The highest BCUT2D eigenvalue weighted by Gasteiger charge is 2.21. The molecule has 4 N–H and O–H groups in total. The van der Waals surface area contributed by atoms with Gasteiger partial charge in [0.25, 0.3) is 5.91 Å². The van der Waals surface area contributed by atoms with Crippen LogP contribution in [0.5, 0.6) is 0 Å². The lowest BCUT2D eigenvalue weighted by atomic mass is 10.1. The Balaban J connectivity index is 1.32. The van der Waals surface area contributed by atoms with Crippen molar-refractivity contribution in [2.75, 3.05) is 29.0 Å². The zero-order valence-electron chi connectivity index (χ0n) is 17.9. The summed E-state index contributed by atoms with van der Waals surface area (Å²) in [6, 6.07) is 19.1. The number of nitrogens with one attached hydrogen (secondary N) is 4. The number of aromatic nitrogens is 3. The molecule has 168 valence electrons. The summed E-state index contributed by atoms with van der Waals surface area (Å²) in [6.45, 7) is 2.10. The SMILES string of the molecule is O=C(Nc1ccccc1)c1ccc(Nc2ccnc3[nH]nc(NC4CCCN(I)C4)c23)cc1. The first-order chi connectivity index (χ1) is 16.2. The molecule has 2 aromatic heterocycles. The van der Waals surface area contributed by atoms with Crippen LogP contribution >= 0.6 is 22.9 Å². The van der Waals surface area contributed by atoms with Crippen molar-refractivity contribution in [2.45, 2.75) is 18.9 Å². The van der Waals surface area contributed by atoms with Crippen molar-refractivity contribution in [3.05, 3.63) is 72.4 Å². The Kier molecular flexibility index (Phi) is 6.40. The predicted octanol–water partition coefficient (Wildman–Crippen LogP) is 5.18. The number of amides is 1. The maximum absolute atomic E-state index is 12.5. The topological polar surface area (TPSA) is 98.0 Å². The lowest BCUT2D eigenvalue weighted by Crippen LogP contribution is -2.37. The summed E-state index contributed by atoms with van der Waals surface area (Å²) in [5.41, 5.74) is 3.87. The summed E-state index contributed by atoms with van der Waals surface area (Å²) in [7, 11) is 0. The van der Waals surface area contributed by atoms with Crippen molar-refractivity contribution in [1.82, 2.24) is 18.3 Å². The lowest BCUT2D eigenvalue weighted by Gasteiger charge is -2.28. The third kappa shape index (κ3) is 5.09. The van der Waals surface area contributed by atoms with Crippen molar-refractivity contribution in [2.24, 2.45) is 0 Å². The van der Waals surface area contributed by atoms with Crippen LogP contribution in [0.1, 0.15) is 23.2 Å². The first-order valence-corrected chi connectivity index (χ1v) is 11.9. The number of halogens is 1. The Morgan fingerprint density at radius 1 is 1.06 bits per heavy atom. The van der Waals surface area contributed by atoms with Crippen LogP contribution in [0.4, 0.5) is 22.9 Å². The summed E-state index contributed by atoms with van der Waals surface area (Å²) in [6.07, 6.45) is 4.03. The highest BCUT2D eigenvalue weighted by Crippen LogP contribution is 2.31. The van der Waals surface area contributed by atoms with Gasteiger partial charge < -0.3 is 16.0 Å². The molecular formula is C24H24IN7O. The Bertz CT molecular complexity index is 1240. The molecule has 0 spiro atoms. The van der Waals surface area contributed by atoms with E-state index in [1.807, 2.05) is 60.7 Å². The van der Waals surface area contributed by atoms with Gasteiger partial charge in [-0.2, -0.15) is 5.10 Å². The number of hydrogen-bond donors (Lipinski definition) is 4. The zero-order chi connectivity index (χ0) is 22.6. The van der Waals surface area contributed by atoms with E-state index in [0.29, 0.717) is 11.6 Å². The number of benzene rings is 2. The number of carbonyl (C=O) groups is 1. The molecule has 1 fully saturated rings. The number of fused-ring (bicyclic) bond motifs is 1. The van der Waals surface area contributed by atoms with Gasteiger partial charge in [-0.05, 0) is 55.3 Å². The van der Waals surface area contributed by atoms with Crippen molar-refractivity contribution >= 4 is 62.7 Å². The molecule has 1 unspecified atom stereocenters. The second-order valence-corrected chi connectivity index (χ2v) is 9.39. The predicted molar refractivity (Wildman–Crippen MR) is 140 cm³/mol. The molecule has 33 heavy (non-hydrogen) atoms. The van der Waals surface area contributed by atoms with Gasteiger partial charge in [0.1, 0.15) is 0 Å². The fourth-order valence-corrected chi connectivity index (χ4v) is 4.80. The van der Waals surface area contributed by atoms with Crippen molar-refractivity contribution in [3.63, 3.8) is 0 Å². The van der Waals surface area contributed by atoms with Crippen LogP contribution in [0.3, 0.4) is 0 Å². The highest BCUT2D eigenvalue weighted by molar-refractivity contribution is 14.1. The van der Waals surface area contributed by atoms with Crippen LogP contribution in [0.2, 0.25) is 0 Å². The van der Waals surface area contributed by atoms with Crippen LogP contribution in [-0.4, -0.2) is 43.3 Å². The van der Waals surface area contributed by atoms with Gasteiger partial charge in [0, 0.05) is 65.1 Å². The van der Waals surface area contributed by atoms with E-state index >= 15 is 0 Å². The second kappa shape index (κ2) is 9.75. The summed E-state index contributed by atoms with van der Waals surface area (Å²) < 4.78 is 2.31. The van der Waals surface area contributed by atoms with Crippen molar-refractivity contribution in [3.8, 4) is 0 Å². The molecular weight excluding hydrogens is 529 g/mol. The summed E-state index contributed by atoms with van der Waals surface area (Å²) >= 11 is 2.38. The Morgan fingerprint density at radius 2 is 1.88 bits per heavy atom. The first-order valence-electron chi connectivity index (χ1n) is 10.9. The Labute approximate surface area is 205 Å². The molecule has 5 rings (SSSR count). The minimum Gasteiger partial charge on any atom is -0.364 e. The maximum Gasteiger partial charge on any atom is 0.255 e. The lowest BCUT2D eigenvalue weighted by molar-refractivity contribution is 0.102. The van der Waals surface area contributed by atoms with E-state index in [-0.39, 0.29) is 5.91 Å². The number of para-hydroxylation sites is 1. The number of anilines is 4. The Hall–Kier alpha value is -3.18. The fraction of sp³-hybridized carbons (Fsp3) is 0.208. The largest absolute Gasteiger partial charge is 0.364 e. The van der Waals surface area contributed by atoms with E-state index in [9.17, 15) is 4.79 Å². The average Bonchev–Trinajstić information content (AvgIpc) is 3.24. The van der Waals surface area contributed by atoms with Crippen molar-refractivity contribution in [1.29, 1.82) is 0 Å². The number of piperidine rings is 1. The van der Waals surface area contributed by atoms with Gasteiger partial charge in [-0.25, -0.2) is 8.10 Å². The monoisotopic (exact) mass is 553 g/mol. The van der Waals surface area contributed by atoms with Crippen LogP contribution in [0.25, 0.3) is 11.0 Å². The molecule has 1 amide bonds. The molecule has 0 radical (unpaired) electrons. The summed E-state index contributed by atoms with van der Waals surface area (Å²) in [4.78, 5) is 16.9. The zero-order valence-corrected chi connectivity index (χ0v) is 20.0. The summed E-state index contributed by atoms with van der Waals surface area (Å²) in [5.74, 6) is 0.660. The number of hydrogen-bond acceptors (Lipinski definition) is 6. The van der Waals surface area contributed by atoms with E-state index in [0.717, 1.165) is 59.8 Å². The molecule has 1 aliphatic rings. The number of rotatable bonds is 6. The van der Waals surface area contributed by atoms with E-state index < -0.39 is 0 Å². The molecule has 1 aliphatic heterocycles. The quantitative estimate of drug-likeness (QED) is 0.194. The van der Waals surface area contributed by atoms with Crippen LogP contribution in [-0.2, 0) is 0 Å². The molecule has 4 aromatic rings. The number of aromatic amines is 1. The molecule has 0 aliphatic carbocycles. The second-order valence-electron chi connectivity index (χ2n) is 8.03. The molecule has 9 heteroatoms. The normalized spacial score (nSPS) is 16.5. The molecule has 2 aromatic carbocycles. The third-order valence-electron chi connectivity index (χ3n) is 5.63. The number of carbonyl (C=O) groups excluding carboxylic acids is 1. The van der Waals surface area contributed by atoms with Gasteiger partial charge in [0.2, 0.25) is 0 Å². The smallest absolute Gasteiger partial charge is 0.255 e. The van der Waals surface area contributed by atoms with Gasteiger partial charge >= 0.3 is 0 Å². The van der Waals surface area contributed by atoms with E-state index in [4.69, 9.17) is 0 Å². The molecule has 1 saturated heterocycles. The number of nitrogens with zero attached hydrogens (tertiary/aromatic N) is 3. The van der Waals surface area contributed by atoms with Gasteiger partial charge in [0.05, 0.1) is 11.1 Å². The molecule has 0 bridgehead atoms. The van der Waals surface area contributed by atoms with E-state index in [2.05, 4.69) is 57.1 Å². The van der Waals surface area contributed by atoms with E-state index in [1.54, 1.807) is 6.20 Å². The standard InChI is InChI=1S/C24H24IN7O/c25-32-14-4-7-19(15-32)28-23-21-20(12-13-26-22(21)30-31-23)27-18-10-8-16(9-11-18)24(33)29-17-5-2-1-3-6-17/h1-3,5-6,8-13,19H,4,7,14-15H2,(H,29,33)(H3,26,27,28,30,31). The first kappa shape index (κ1) is 21.7. The fourth-order valence-electron chi connectivity index (χ4n) is 3.99. The van der Waals surface area contributed by atoms with Gasteiger partial charge in [0.15, 0.2) is 11.5 Å². The summed E-state index contributed by atoms with van der Waals surface area (Å²) in [5, 5.41) is 18.4. The molecule has 1 atom stereocenters. The van der Waals surface area contributed by atoms with Crippen LogP contribution in [0.15, 0.2) is 66.9 Å². The maximum atomic E-state index is 12.5. The minimum atomic E-state index is -0.142.